The fourth-order valence-electron chi connectivity index (χ4n) is 6.15. The monoisotopic (exact) mass is 625 g/mol. The second-order valence-corrected chi connectivity index (χ2v) is 14.7. The number of aryl methyl sites for hydroxylation is 1. The number of rotatable bonds is 7. The van der Waals surface area contributed by atoms with Crippen molar-refractivity contribution < 1.29 is 27.6 Å². The molecule has 0 spiro atoms. The Labute approximate surface area is 259 Å². The molecule has 44 heavy (non-hydrogen) atoms. The predicted octanol–water partition coefficient (Wildman–Crippen LogP) is 4.19. The number of urea groups is 1. The van der Waals surface area contributed by atoms with Gasteiger partial charge < -0.3 is 20.9 Å². The average Bonchev–Trinajstić information content (AvgIpc) is 3.02. The summed E-state index contributed by atoms with van der Waals surface area (Å²) in [6.07, 6.45) is 6.69. The number of amides is 5. The van der Waals surface area contributed by atoms with Crippen molar-refractivity contribution in [2.45, 2.75) is 83.7 Å². The predicted molar refractivity (Wildman–Crippen MR) is 170 cm³/mol. The van der Waals surface area contributed by atoms with E-state index in [0.29, 0.717) is 18.0 Å². The highest BCUT2D eigenvalue weighted by atomic mass is 32.2. The van der Waals surface area contributed by atoms with Crippen LogP contribution in [0.5, 0.6) is 0 Å². The van der Waals surface area contributed by atoms with Crippen molar-refractivity contribution in [3.05, 3.63) is 59.2 Å². The molecule has 2 aromatic rings. The van der Waals surface area contributed by atoms with E-state index in [-0.39, 0.29) is 35.5 Å². The number of carbonyl (C=O) groups is 4. The first-order valence-corrected chi connectivity index (χ1v) is 16.9. The first-order valence-electron chi connectivity index (χ1n) is 15.0. The molecule has 0 bridgehead atoms. The molecule has 5 amide bonds. The van der Waals surface area contributed by atoms with Crippen molar-refractivity contribution >= 4 is 45.2 Å². The van der Waals surface area contributed by atoms with Gasteiger partial charge in [0.25, 0.3) is 5.91 Å². The summed E-state index contributed by atoms with van der Waals surface area (Å²) in [6.45, 7) is 7.38. The smallest absolute Gasteiger partial charge is 0.319 e. The Morgan fingerprint density at radius 2 is 1.70 bits per heavy atom. The summed E-state index contributed by atoms with van der Waals surface area (Å²) < 4.78 is 24.9. The van der Waals surface area contributed by atoms with Gasteiger partial charge in [-0.25, -0.2) is 17.9 Å². The molecule has 1 heterocycles. The maximum absolute atomic E-state index is 14.2. The lowest BCUT2D eigenvalue weighted by atomic mass is 9.74. The standard InChI is InChI=1S/C32H43N5O6S/c1-20-14-15-24-25(21-10-7-6-8-11-21)18-26(30(40)37(27(24)16-20)19-28(38)35-32(2,3)4)34-31(41)33-23-13-9-12-22(17-23)29(39)36-44(5,42)43/h9,12-17,21,25-26H,6-8,10-11,18-19H2,1-5H3,(H,35,38)(H,36,39)(H2,33,34,41)/t25-,26-/m1/s1. The van der Waals surface area contributed by atoms with E-state index in [9.17, 15) is 27.6 Å². The number of fused-ring (bicyclic) bond motifs is 1. The zero-order chi connectivity index (χ0) is 32.2. The van der Waals surface area contributed by atoms with Crippen LogP contribution in [0.25, 0.3) is 0 Å². The van der Waals surface area contributed by atoms with Crippen molar-refractivity contribution in [1.29, 1.82) is 0 Å². The maximum Gasteiger partial charge on any atom is 0.319 e. The van der Waals surface area contributed by atoms with E-state index in [1.165, 1.54) is 29.5 Å². The second kappa shape index (κ2) is 13.4. The number of anilines is 2. The van der Waals surface area contributed by atoms with E-state index in [4.69, 9.17) is 0 Å². The molecule has 12 heteroatoms. The first kappa shape index (κ1) is 33.0. The number of benzene rings is 2. The van der Waals surface area contributed by atoms with E-state index in [0.717, 1.165) is 43.1 Å². The maximum atomic E-state index is 14.2. The summed E-state index contributed by atoms with van der Waals surface area (Å²) >= 11 is 0. The van der Waals surface area contributed by atoms with Gasteiger partial charge in [0.15, 0.2) is 0 Å². The van der Waals surface area contributed by atoms with Crippen LogP contribution >= 0.6 is 0 Å². The molecule has 4 N–H and O–H groups in total. The molecule has 0 unspecified atom stereocenters. The normalized spacial score (nSPS) is 19.4. The van der Waals surface area contributed by atoms with Gasteiger partial charge in [0.05, 0.1) is 6.26 Å². The molecule has 1 fully saturated rings. The summed E-state index contributed by atoms with van der Waals surface area (Å²) in [7, 11) is -3.77. The highest BCUT2D eigenvalue weighted by Gasteiger charge is 2.40. The quantitative estimate of drug-likeness (QED) is 0.362. The average molecular weight is 626 g/mol. The number of nitrogens with zero attached hydrogens (tertiary/aromatic N) is 1. The summed E-state index contributed by atoms with van der Waals surface area (Å²) in [6, 6.07) is 10.3. The van der Waals surface area contributed by atoms with E-state index in [1.807, 2.05) is 44.5 Å². The molecule has 4 rings (SSSR count). The van der Waals surface area contributed by atoms with Crippen molar-refractivity contribution in [2.75, 3.05) is 23.0 Å². The zero-order valence-corrected chi connectivity index (χ0v) is 26.8. The van der Waals surface area contributed by atoms with E-state index < -0.39 is 33.5 Å². The number of sulfonamides is 1. The first-order chi connectivity index (χ1) is 20.6. The molecule has 0 radical (unpaired) electrons. The van der Waals surface area contributed by atoms with Crippen LogP contribution < -0.4 is 25.6 Å². The van der Waals surface area contributed by atoms with Gasteiger partial charge in [-0.3, -0.25) is 14.4 Å². The SMILES string of the molecule is Cc1ccc2c(c1)N(CC(=O)NC(C)(C)C)C(=O)[C@H](NC(=O)Nc1cccc(C(=O)NS(C)(=O)=O)c1)C[C@@H]2C1CCCCC1. The molecular formula is C32H43N5O6S. The van der Waals surface area contributed by atoms with Crippen LogP contribution in [-0.4, -0.2) is 56.6 Å². The highest BCUT2D eigenvalue weighted by Crippen LogP contribution is 2.44. The Morgan fingerprint density at radius 1 is 1.00 bits per heavy atom. The van der Waals surface area contributed by atoms with E-state index in [2.05, 4.69) is 22.0 Å². The Hall–Kier alpha value is -3.93. The fraction of sp³-hybridized carbons (Fsp3) is 0.500. The highest BCUT2D eigenvalue weighted by molar-refractivity contribution is 7.89. The molecule has 1 aliphatic carbocycles. The summed E-state index contributed by atoms with van der Waals surface area (Å²) in [5.41, 5.74) is 2.46. The van der Waals surface area contributed by atoms with Crippen LogP contribution in [0.1, 0.15) is 86.7 Å². The number of hydrogen-bond donors (Lipinski definition) is 4. The Bertz CT molecular complexity index is 1530. The third kappa shape index (κ3) is 8.81. The van der Waals surface area contributed by atoms with Gasteiger partial charge in [-0.2, -0.15) is 0 Å². The third-order valence-corrected chi connectivity index (χ3v) is 8.49. The number of carbonyl (C=O) groups excluding carboxylic acids is 4. The lowest BCUT2D eigenvalue weighted by Crippen LogP contribution is -2.53. The largest absolute Gasteiger partial charge is 0.350 e. The number of nitrogens with one attached hydrogen (secondary N) is 4. The Kier molecular flexibility index (Phi) is 10.0. The van der Waals surface area contributed by atoms with Gasteiger partial charge in [0, 0.05) is 22.5 Å². The molecule has 0 saturated heterocycles. The topological polar surface area (TPSA) is 154 Å². The molecule has 1 saturated carbocycles. The van der Waals surface area contributed by atoms with Crippen molar-refractivity contribution in [3.8, 4) is 0 Å². The zero-order valence-electron chi connectivity index (χ0n) is 26.0. The van der Waals surface area contributed by atoms with Gasteiger partial charge >= 0.3 is 6.03 Å². The lowest BCUT2D eigenvalue weighted by Gasteiger charge is -2.32. The molecule has 238 valence electrons. The second-order valence-electron chi connectivity index (χ2n) is 13.0. The summed E-state index contributed by atoms with van der Waals surface area (Å²) in [5, 5.41) is 8.46. The van der Waals surface area contributed by atoms with Crippen molar-refractivity contribution in [3.63, 3.8) is 0 Å². The van der Waals surface area contributed by atoms with Crippen LogP contribution in [0.3, 0.4) is 0 Å². The van der Waals surface area contributed by atoms with Gasteiger partial charge in [-0.15, -0.1) is 0 Å². The Morgan fingerprint density at radius 3 is 2.36 bits per heavy atom. The molecule has 11 nitrogen and oxygen atoms in total. The fourth-order valence-corrected chi connectivity index (χ4v) is 6.60. The lowest BCUT2D eigenvalue weighted by molar-refractivity contribution is -0.125. The van der Waals surface area contributed by atoms with Gasteiger partial charge in [0.2, 0.25) is 21.8 Å². The molecule has 2 atom stereocenters. The third-order valence-electron chi connectivity index (χ3n) is 7.93. The van der Waals surface area contributed by atoms with Crippen molar-refractivity contribution in [2.24, 2.45) is 5.92 Å². The molecule has 0 aromatic heterocycles. The van der Waals surface area contributed by atoms with Crippen LogP contribution in [0.2, 0.25) is 0 Å². The van der Waals surface area contributed by atoms with Crippen LogP contribution in [0.4, 0.5) is 16.2 Å². The van der Waals surface area contributed by atoms with Crippen molar-refractivity contribution in [1.82, 2.24) is 15.4 Å². The Balaban J connectivity index is 1.63. The minimum absolute atomic E-state index is 0.00107. The summed E-state index contributed by atoms with van der Waals surface area (Å²) in [5.74, 6) is -1.18. The van der Waals surface area contributed by atoms with Crippen LogP contribution in [0.15, 0.2) is 42.5 Å². The van der Waals surface area contributed by atoms with Crippen LogP contribution in [0, 0.1) is 12.8 Å². The minimum Gasteiger partial charge on any atom is -0.350 e. The van der Waals surface area contributed by atoms with E-state index >= 15 is 0 Å². The minimum atomic E-state index is -3.77. The van der Waals surface area contributed by atoms with Crippen LogP contribution in [-0.2, 0) is 19.6 Å². The summed E-state index contributed by atoms with van der Waals surface area (Å²) in [4.78, 5) is 54.5. The van der Waals surface area contributed by atoms with Gasteiger partial charge in [0.1, 0.15) is 12.6 Å². The van der Waals surface area contributed by atoms with E-state index in [1.54, 1.807) is 6.07 Å². The molecule has 1 aliphatic heterocycles. The van der Waals surface area contributed by atoms with Gasteiger partial charge in [-0.05, 0) is 94.2 Å². The molecule has 2 aliphatic rings. The molecular weight excluding hydrogens is 582 g/mol. The number of hydrogen-bond acceptors (Lipinski definition) is 6. The van der Waals surface area contributed by atoms with Gasteiger partial charge in [-0.1, -0.05) is 37.5 Å². The molecule has 2 aromatic carbocycles.